The van der Waals surface area contributed by atoms with Gasteiger partial charge in [-0.05, 0) is 20.3 Å². The van der Waals surface area contributed by atoms with Crippen molar-refractivity contribution in [2.75, 3.05) is 0 Å². The van der Waals surface area contributed by atoms with Gasteiger partial charge in [0.1, 0.15) is 0 Å². The van der Waals surface area contributed by atoms with Gasteiger partial charge >= 0.3 is 0 Å². The van der Waals surface area contributed by atoms with E-state index in [2.05, 4.69) is 5.10 Å². The van der Waals surface area contributed by atoms with Gasteiger partial charge in [0.05, 0.1) is 17.9 Å². The molecule has 0 aliphatic heterocycles. The Balaban J connectivity index is 2.58. The fourth-order valence-electron chi connectivity index (χ4n) is 2.12. The molecular weight excluding hydrogens is 202 g/mol. The van der Waals surface area contributed by atoms with Crippen LogP contribution in [0.5, 0.6) is 0 Å². The molecular formula is C10H14F2N2O. The molecule has 2 rings (SSSR count). The lowest BCUT2D eigenvalue weighted by molar-refractivity contribution is -0.00387. The van der Waals surface area contributed by atoms with Crippen LogP contribution in [0.25, 0.3) is 0 Å². The van der Waals surface area contributed by atoms with Crippen LogP contribution in [-0.4, -0.2) is 14.9 Å². The summed E-state index contributed by atoms with van der Waals surface area (Å²) in [6, 6.07) is 0.0490. The molecule has 1 N–H and O–H groups in total. The second kappa shape index (κ2) is 3.27. The van der Waals surface area contributed by atoms with Gasteiger partial charge < -0.3 is 5.11 Å². The summed E-state index contributed by atoms with van der Waals surface area (Å²) < 4.78 is 28.6. The Hall–Kier alpha value is -0.970. The highest BCUT2D eigenvalue weighted by Gasteiger charge is 2.44. The van der Waals surface area contributed by atoms with Crippen LogP contribution in [0, 0.1) is 0 Å². The van der Waals surface area contributed by atoms with Gasteiger partial charge in [-0.3, -0.25) is 4.68 Å². The number of rotatable bonds is 2. The summed E-state index contributed by atoms with van der Waals surface area (Å²) in [5, 5.41) is 13.1. The Bertz CT molecular complexity index is 385. The fraction of sp³-hybridized carbons (Fsp3) is 0.700. The molecule has 0 amide bonds. The van der Waals surface area contributed by atoms with Gasteiger partial charge in [-0.1, -0.05) is 0 Å². The lowest BCUT2D eigenvalue weighted by Crippen LogP contribution is -2.10. The average molecular weight is 216 g/mol. The summed E-state index contributed by atoms with van der Waals surface area (Å²) in [6.07, 6.45) is 0.174. The summed E-state index contributed by atoms with van der Waals surface area (Å²) in [4.78, 5) is 0. The number of alkyl halides is 2. The molecule has 84 valence electrons. The topological polar surface area (TPSA) is 38.0 Å². The smallest absolute Gasteiger partial charge is 0.277 e. The minimum absolute atomic E-state index is 0.0429. The Kier molecular flexibility index (Phi) is 2.30. The van der Waals surface area contributed by atoms with Gasteiger partial charge in [0, 0.05) is 18.2 Å². The zero-order valence-corrected chi connectivity index (χ0v) is 8.80. The standard InChI is InChI=1S/C10H14F2N2O/c1-6(2)14-8-3-4-10(11,12)9(8)7(5-15)13-14/h6,15H,3-5H2,1-2H3. The van der Waals surface area contributed by atoms with Gasteiger partial charge in [-0.15, -0.1) is 0 Å². The van der Waals surface area contributed by atoms with Crippen LogP contribution in [0.4, 0.5) is 8.78 Å². The average Bonchev–Trinajstić information content (AvgIpc) is 2.65. The zero-order chi connectivity index (χ0) is 11.2. The first-order valence-electron chi connectivity index (χ1n) is 5.06. The molecule has 1 aromatic heterocycles. The lowest BCUT2D eigenvalue weighted by Gasteiger charge is -2.08. The maximum absolute atomic E-state index is 13.5. The summed E-state index contributed by atoms with van der Waals surface area (Å²) in [5.74, 6) is -2.82. The molecule has 0 fully saturated rings. The van der Waals surface area contributed by atoms with Crippen LogP contribution < -0.4 is 0 Å². The molecule has 0 aromatic carbocycles. The highest BCUT2D eigenvalue weighted by atomic mass is 19.3. The normalized spacial score (nSPS) is 18.5. The SMILES string of the molecule is CC(C)n1nc(CO)c2c1CCC2(F)F. The fourth-order valence-corrected chi connectivity index (χ4v) is 2.12. The highest BCUT2D eigenvalue weighted by molar-refractivity contribution is 5.35. The van der Waals surface area contributed by atoms with E-state index in [-0.39, 0.29) is 23.7 Å². The molecule has 0 bridgehead atoms. The van der Waals surface area contributed by atoms with Crippen LogP contribution in [-0.2, 0) is 19.0 Å². The maximum Gasteiger partial charge on any atom is 0.277 e. The third-order valence-electron chi connectivity index (χ3n) is 2.76. The van der Waals surface area contributed by atoms with Gasteiger partial charge in [0.25, 0.3) is 5.92 Å². The summed E-state index contributed by atoms with van der Waals surface area (Å²) in [7, 11) is 0. The number of hydrogen-bond donors (Lipinski definition) is 1. The zero-order valence-electron chi connectivity index (χ0n) is 8.80. The van der Waals surface area contributed by atoms with E-state index < -0.39 is 12.5 Å². The van der Waals surface area contributed by atoms with Gasteiger partial charge in [0.2, 0.25) is 0 Å². The minimum atomic E-state index is -2.82. The summed E-state index contributed by atoms with van der Waals surface area (Å²) >= 11 is 0. The Morgan fingerprint density at radius 3 is 2.73 bits per heavy atom. The van der Waals surface area contributed by atoms with Crippen LogP contribution in [0.1, 0.15) is 43.3 Å². The van der Waals surface area contributed by atoms with E-state index in [1.807, 2.05) is 13.8 Å². The maximum atomic E-state index is 13.5. The lowest BCUT2D eigenvalue weighted by atomic mass is 10.1. The summed E-state index contributed by atoms with van der Waals surface area (Å²) in [6.45, 7) is 3.37. The van der Waals surface area contributed by atoms with E-state index in [4.69, 9.17) is 5.11 Å². The number of nitrogens with zero attached hydrogens (tertiary/aromatic N) is 2. The molecule has 1 heterocycles. The van der Waals surface area contributed by atoms with Crippen molar-refractivity contribution in [2.24, 2.45) is 0 Å². The van der Waals surface area contributed by atoms with Gasteiger partial charge in [-0.25, -0.2) is 8.78 Å². The van der Waals surface area contributed by atoms with E-state index in [1.54, 1.807) is 4.68 Å². The number of fused-ring (bicyclic) bond motifs is 1. The molecule has 0 saturated carbocycles. The molecule has 0 spiro atoms. The van der Waals surface area contributed by atoms with E-state index in [0.717, 1.165) is 0 Å². The molecule has 3 nitrogen and oxygen atoms in total. The van der Waals surface area contributed by atoms with Crippen molar-refractivity contribution in [1.82, 2.24) is 9.78 Å². The molecule has 1 aliphatic carbocycles. The first kappa shape index (κ1) is 10.5. The Labute approximate surface area is 86.7 Å². The molecule has 0 unspecified atom stereocenters. The molecule has 5 heteroatoms. The monoisotopic (exact) mass is 216 g/mol. The second-order valence-electron chi connectivity index (χ2n) is 4.17. The van der Waals surface area contributed by atoms with E-state index in [0.29, 0.717) is 12.1 Å². The number of aliphatic hydroxyl groups excluding tert-OH is 1. The third-order valence-corrected chi connectivity index (χ3v) is 2.76. The van der Waals surface area contributed by atoms with Crippen molar-refractivity contribution in [3.05, 3.63) is 17.0 Å². The number of hydrogen-bond acceptors (Lipinski definition) is 2. The first-order valence-corrected chi connectivity index (χ1v) is 5.06. The Morgan fingerprint density at radius 1 is 1.53 bits per heavy atom. The van der Waals surface area contributed by atoms with Crippen LogP contribution in [0.2, 0.25) is 0 Å². The molecule has 1 aliphatic rings. The van der Waals surface area contributed by atoms with Crippen molar-refractivity contribution in [1.29, 1.82) is 0 Å². The van der Waals surface area contributed by atoms with Gasteiger partial charge in [0.15, 0.2) is 0 Å². The van der Waals surface area contributed by atoms with Crippen LogP contribution >= 0.6 is 0 Å². The second-order valence-corrected chi connectivity index (χ2v) is 4.17. The predicted octanol–water partition coefficient (Wildman–Crippen LogP) is 1.99. The van der Waals surface area contributed by atoms with Crippen molar-refractivity contribution >= 4 is 0 Å². The van der Waals surface area contributed by atoms with E-state index in [1.165, 1.54) is 0 Å². The molecule has 0 radical (unpaired) electrons. The predicted molar refractivity (Wildman–Crippen MR) is 50.7 cm³/mol. The third kappa shape index (κ3) is 1.45. The number of aromatic nitrogens is 2. The van der Waals surface area contributed by atoms with Crippen molar-refractivity contribution in [3.8, 4) is 0 Å². The van der Waals surface area contributed by atoms with Crippen molar-refractivity contribution in [2.45, 2.75) is 45.3 Å². The molecule has 1 aromatic rings. The largest absolute Gasteiger partial charge is 0.390 e. The van der Waals surface area contributed by atoms with E-state index >= 15 is 0 Å². The number of aliphatic hydroxyl groups is 1. The highest BCUT2D eigenvalue weighted by Crippen LogP contribution is 2.44. The van der Waals surface area contributed by atoms with Crippen molar-refractivity contribution in [3.63, 3.8) is 0 Å². The quantitative estimate of drug-likeness (QED) is 0.821. The van der Waals surface area contributed by atoms with Gasteiger partial charge in [-0.2, -0.15) is 5.10 Å². The van der Waals surface area contributed by atoms with E-state index in [9.17, 15) is 8.78 Å². The Morgan fingerprint density at radius 2 is 2.20 bits per heavy atom. The molecule has 0 saturated heterocycles. The summed E-state index contributed by atoms with van der Waals surface area (Å²) in [5.41, 5.74) is 0.666. The minimum Gasteiger partial charge on any atom is -0.390 e. The number of halogens is 2. The van der Waals surface area contributed by atoms with Crippen molar-refractivity contribution < 1.29 is 13.9 Å². The first-order chi connectivity index (χ1) is 6.97. The van der Waals surface area contributed by atoms with Crippen LogP contribution in [0.3, 0.4) is 0 Å². The molecule has 0 atom stereocenters. The molecule has 15 heavy (non-hydrogen) atoms. The van der Waals surface area contributed by atoms with Crippen LogP contribution in [0.15, 0.2) is 0 Å².